The number of aliphatic hydroxyl groups is 1. The van der Waals surface area contributed by atoms with Gasteiger partial charge in [-0.1, -0.05) is 13.3 Å². The minimum atomic E-state index is -0.148. The molecule has 1 aliphatic carbocycles. The van der Waals surface area contributed by atoms with Crippen LogP contribution in [0.3, 0.4) is 0 Å². The highest BCUT2D eigenvalue weighted by molar-refractivity contribution is 5.49. The molecule has 64 valence electrons. The van der Waals surface area contributed by atoms with Crippen molar-refractivity contribution in [2.75, 3.05) is 0 Å². The molecule has 0 amide bonds. The Bertz CT molecular complexity index is 134. The van der Waals surface area contributed by atoms with Crippen LogP contribution in [0.1, 0.15) is 32.6 Å². The van der Waals surface area contributed by atoms with Crippen LogP contribution < -0.4 is 0 Å². The van der Waals surface area contributed by atoms with Crippen LogP contribution in [0.4, 0.5) is 0 Å². The van der Waals surface area contributed by atoms with Crippen molar-refractivity contribution in [3.8, 4) is 0 Å². The summed E-state index contributed by atoms with van der Waals surface area (Å²) in [5, 5.41) is 9.31. The van der Waals surface area contributed by atoms with Gasteiger partial charge in [-0.05, 0) is 24.7 Å². The van der Waals surface area contributed by atoms with Crippen molar-refractivity contribution in [1.29, 1.82) is 0 Å². The maximum absolute atomic E-state index is 10.2. The number of hydrogen-bond donors (Lipinski definition) is 1. The number of hydrogen-bond acceptors (Lipinski definition) is 2. The van der Waals surface area contributed by atoms with Gasteiger partial charge >= 0.3 is 0 Å². The molecule has 1 saturated carbocycles. The summed E-state index contributed by atoms with van der Waals surface area (Å²) in [6.45, 7) is 2.13. The summed E-state index contributed by atoms with van der Waals surface area (Å²) < 4.78 is 0. The maximum atomic E-state index is 10.2. The van der Waals surface area contributed by atoms with Crippen molar-refractivity contribution in [3.05, 3.63) is 0 Å². The smallest absolute Gasteiger partial charge is 0.120 e. The van der Waals surface area contributed by atoms with Crippen LogP contribution in [0, 0.1) is 11.8 Å². The van der Waals surface area contributed by atoms with E-state index >= 15 is 0 Å². The highest BCUT2D eigenvalue weighted by Gasteiger charge is 2.31. The lowest BCUT2D eigenvalue weighted by Crippen LogP contribution is -2.06. The Morgan fingerprint density at radius 3 is 2.64 bits per heavy atom. The van der Waals surface area contributed by atoms with Gasteiger partial charge in [0.2, 0.25) is 0 Å². The van der Waals surface area contributed by atoms with E-state index in [1.807, 2.05) is 0 Å². The van der Waals surface area contributed by atoms with Gasteiger partial charge in [-0.15, -0.1) is 0 Å². The molecule has 0 bridgehead atoms. The Hall–Kier alpha value is -0.370. The molecule has 0 aromatic carbocycles. The topological polar surface area (TPSA) is 37.3 Å². The van der Waals surface area contributed by atoms with Gasteiger partial charge in [-0.3, -0.25) is 0 Å². The third-order valence-corrected chi connectivity index (χ3v) is 2.74. The van der Waals surface area contributed by atoms with E-state index in [0.717, 1.165) is 25.5 Å². The Balaban J connectivity index is 2.43. The molecule has 1 fully saturated rings. The number of aldehydes is 1. The quantitative estimate of drug-likeness (QED) is 0.627. The summed E-state index contributed by atoms with van der Waals surface area (Å²) in [6.07, 6.45) is 4.29. The first-order valence-electron chi connectivity index (χ1n) is 4.39. The normalized spacial score (nSPS) is 37.5. The molecule has 0 aromatic rings. The van der Waals surface area contributed by atoms with Gasteiger partial charge in [0.15, 0.2) is 0 Å². The zero-order chi connectivity index (χ0) is 8.27. The highest BCUT2D eigenvalue weighted by Crippen LogP contribution is 2.35. The van der Waals surface area contributed by atoms with Crippen molar-refractivity contribution in [3.63, 3.8) is 0 Å². The van der Waals surface area contributed by atoms with E-state index in [1.165, 1.54) is 0 Å². The number of carbonyl (C=O) groups is 1. The average molecular weight is 156 g/mol. The van der Waals surface area contributed by atoms with E-state index < -0.39 is 0 Å². The Morgan fingerprint density at radius 1 is 1.45 bits per heavy atom. The molecule has 0 radical (unpaired) electrons. The van der Waals surface area contributed by atoms with E-state index in [9.17, 15) is 9.90 Å². The van der Waals surface area contributed by atoms with Gasteiger partial charge in [0.05, 0.1) is 6.10 Å². The van der Waals surface area contributed by atoms with Crippen LogP contribution in [0.25, 0.3) is 0 Å². The lowest BCUT2D eigenvalue weighted by Gasteiger charge is -2.13. The Kier molecular flexibility index (Phi) is 3.06. The number of rotatable bonds is 3. The van der Waals surface area contributed by atoms with Gasteiger partial charge in [0, 0.05) is 6.42 Å². The van der Waals surface area contributed by atoms with Gasteiger partial charge in [0.1, 0.15) is 6.29 Å². The average Bonchev–Trinajstić information content (AvgIpc) is 2.32. The van der Waals surface area contributed by atoms with Crippen LogP contribution in [0.15, 0.2) is 0 Å². The van der Waals surface area contributed by atoms with Gasteiger partial charge < -0.3 is 9.90 Å². The minimum absolute atomic E-state index is 0.148. The van der Waals surface area contributed by atoms with Crippen LogP contribution in [-0.2, 0) is 4.79 Å². The van der Waals surface area contributed by atoms with Crippen molar-refractivity contribution in [2.24, 2.45) is 11.8 Å². The summed E-state index contributed by atoms with van der Waals surface area (Å²) in [4.78, 5) is 10.2. The van der Waals surface area contributed by atoms with Crippen molar-refractivity contribution in [1.82, 2.24) is 0 Å². The maximum Gasteiger partial charge on any atom is 0.120 e. The first-order chi connectivity index (χ1) is 5.27. The first kappa shape index (κ1) is 8.72. The van der Waals surface area contributed by atoms with E-state index in [1.54, 1.807) is 0 Å². The second-order valence-corrected chi connectivity index (χ2v) is 3.46. The molecule has 0 spiro atoms. The van der Waals surface area contributed by atoms with E-state index in [0.29, 0.717) is 18.3 Å². The lowest BCUT2D eigenvalue weighted by atomic mass is 9.91. The van der Waals surface area contributed by atoms with Crippen LogP contribution >= 0.6 is 0 Å². The van der Waals surface area contributed by atoms with Gasteiger partial charge in [0.25, 0.3) is 0 Å². The third-order valence-electron chi connectivity index (χ3n) is 2.74. The first-order valence-corrected chi connectivity index (χ1v) is 4.39. The largest absolute Gasteiger partial charge is 0.393 e. The zero-order valence-corrected chi connectivity index (χ0v) is 6.99. The second kappa shape index (κ2) is 3.86. The summed E-state index contributed by atoms with van der Waals surface area (Å²) in [5.74, 6) is 1.03. The van der Waals surface area contributed by atoms with Crippen molar-refractivity contribution < 1.29 is 9.90 Å². The van der Waals surface area contributed by atoms with Crippen LogP contribution in [0.2, 0.25) is 0 Å². The molecular formula is C9H16O2. The standard InChI is InChI=1S/C9H16O2/c1-2-7-5-9(11)6-8(7)3-4-10/h4,7-9,11H,2-3,5-6H2,1H3/t7-,8+,9?/m1/s1. The summed E-state index contributed by atoms with van der Waals surface area (Å²) in [5.41, 5.74) is 0. The molecule has 1 unspecified atom stereocenters. The van der Waals surface area contributed by atoms with E-state index in [2.05, 4.69) is 6.92 Å². The highest BCUT2D eigenvalue weighted by atomic mass is 16.3. The molecule has 1 aliphatic rings. The molecule has 2 heteroatoms. The Labute approximate surface area is 67.6 Å². The fourth-order valence-corrected chi connectivity index (χ4v) is 2.09. The van der Waals surface area contributed by atoms with E-state index in [4.69, 9.17) is 0 Å². The van der Waals surface area contributed by atoms with Crippen molar-refractivity contribution in [2.45, 2.75) is 38.7 Å². The zero-order valence-electron chi connectivity index (χ0n) is 6.99. The van der Waals surface area contributed by atoms with Crippen LogP contribution in [-0.4, -0.2) is 17.5 Å². The molecule has 0 saturated heterocycles. The molecule has 3 atom stereocenters. The summed E-state index contributed by atoms with van der Waals surface area (Å²) in [6, 6.07) is 0. The minimum Gasteiger partial charge on any atom is -0.393 e. The molecule has 2 nitrogen and oxygen atoms in total. The number of aliphatic hydroxyl groups excluding tert-OH is 1. The fraction of sp³-hybridized carbons (Fsp3) is 0.889. The van der Waals surface area contributed by atoms with Crippen molar-refractivity contribution >= 4 is 6.29 Å². The molecule has 0 heterocycles. The molecule has 1 N–H and O–H groups in total. The lowest BCUT2D eigenvalue weighted by molar-refractivity contribution is -0.108. The summed E-state index contributed by atoms with van der Waals surface area (Å²) in [7, 11) is 0. The van der Waals surface area contributed by atoms with Gasteiger partial charge in [-0.25, -0.2) is 0 Å². The molecule has 1 rings (SSSR count). The predicted octanol–water partition coefficient (Wildman–Crippen LogP) is 1.37. The number of carbonyl (C=O) groups excluding carboxylic acids is 1. The molecule has 0 aliphatic heterocycles. The molecule has 0 aromatic heterocycles. The summed E-state index contributed by atoms with van der Waals surface area (Å²) >= 11 is 0. The van der Waals surface area contributed by atoms with Gasteiger partial charge in [-0.2, -0.15) is 0 Å². The predicted molar refractivity (Wildman–Crippen MR) is 43.2 cm³/mol. The van der Waals surface area contributed by atoms with E-state index in [-0.39, 0.29) is 6.10 Å². The Morgan fingerprint density at radius 2 is 2.09 bits per heavy atom. The molecule has 11 heavy (non-hydrogen) atoms. The SMILES string of the molecule is CC[C@@H]1CC(O)C[C@@H]1CC=O. The van der Waals surface area contributed by atoms with Crippen LogP contribution in [0.5, 0.6) is 0 Å². The fourth-order valence-electron chi connectivity index (χ4n) is 2.09. The third kappa shape index (κ3) is 2.03. The monoisotopic (exact) mass is 156 g/mol. The molecular weight excluding hydrogens is 140 g/mol. The second-order valence-electron chi connectivity index (χ2n) is 3.46.